The molecule has 0 unspecified atom stereocenters. The van der Waals surface area contributed by atoms with Crippen LogP contribution in [-0.4, -0.2) is 9.97 Å². The minimum absolute atomic E-state index is 0.813. The van der Waals surface area contributed by atoms with E-state index in [9.17, 15) is 0 Å². The van der Waals surface area contributed by atoms with Gasteiger partial charge < -0.3 is 5.32 Å². The van der Waals surface area contributed by atoms with Gasteiger partial charge in [0, 0.05) is 6.20 Å². The van der Waals surface area contributed by atoms with Crippen LogP contribution in [0.1, 0.15) is 6.92 Å². The van der Waals surface area contributed by atoms with Gasteiger partial charge in [0.25, 0.3) is 0 Å². The Morgan fingerprint density at radius 2 is 2.50 bits per heavy atom. The van der Waals surface area contributed by atoms with Crippen molar-refractivity contribution in [2.24, 2.45) is 0 Å². The van der Waals surface area contributed by atoms with Crippen molar-refractivity contribution >= 4 is 5.82 Å². The van der Waals surface area contributed by atoms with Crippen LogP contribution in [0.3, 0.4) is 0 Å². The minimum atomic E-state index is 0.813. The molecule has 0 aliphatic heterocycles. The smallest absolute Gasteiger partial charge is 0.133 e. The van der Waals surface area contributed by atoms with Crippen molar-refractivity contribution in [3.8, 4) is 0 Å². The van der Waals surface area contributed by atoms with E-state index in [0.717, 1.165) is 5.82 Å². The van der Waals surface area contributed by atoms with Gasteiger partial charge in [-0.3, -0.25) is 0 Å². The average Bonchev–Trinajstić information content (AvgIpc) is 2.03. The summed E-state index contributed by atoms with van der Waals surface area (Å²) in [5.41, 5.74) is 0. The van der Waals surface area contributed by atoms with Crippen molar-refractivity contribution in [3.63, 3.8) is 0 Å². The fourth-order valence-corrected chi connectivity index (χ4v) is 0.545. The summed E-state index contributed by atoms with van der Waals surface area (Å²) in [6.07, 6.45) is 6.93. The van der Waals surface area contributed by atoms with Crippen LogP contribution in [0.5, 0.6) is 0 Å². The summed E-state index contributed by atoms with van der Waals surface area (Å²) < 4.78 is 0. The van der Waals surface area contributed by atoms with Crippen molar-refractivity contribution in [2.75, 3.05) is 5.32 Å². The van der Waals surface area contributed by atoms with Gasteiger partial charge in [-0.05, 0) is 19.2 Å². The fourth-order valence-electron chi connectivity index (χ4n) is 0.545. The standard InChI is InChI=1S/C7H9N3/c1-2-4-9-7-3-5-8-6-10-7/h2-6H,1H3,(H,8,9,10). The lowest BCUT2D eigenvalue weighted by molar-refractivity contribution is 1.17. The van der Waals surface area contributed by atoms with Crippen molar-refractivity contribution < 1.29 is 0 Å². The van der Waals surface area contributed by atoms with Crippen molar-refractivity contribution in [2.45, 2.75) is 6.92 Å². The third-order valence-electron chi connectivity index (χ3n) is 0.980. The molecule has 0 fully saturated rings. The number of nitrogens with one attached hydrogen (secondary N) is 1. The highest BCUT2D eigenvalue weighted by atomic mass is 15.0. The molecule has 10 heavy (non-hydrogen) atoms. The molecule has 52 valence electrons. The SMILES string of the molecule is CC=CNc1ccncn1. The Labute approximate surface area is 59.8 Å². The summed E-state index contributed by atoms with van der Waals surface area (Å²) in [7, 11) is 0. The van der Waals surface area contributed by atoms with E-state index in [2.05, 4.69) is 15.3 Å². The predicted octanol–water partition coefficient (Wildman–Crippen LogP) is 1.42. The maximum Gasteiger partial charge on any atom is 0.133 e. The Morgan fingerprint density at radius 1 is 1.60 bits per heavy atom. The molecule has 0 aromatic carbocycles. The molecule has 0 aliphatic rings. The quantitative estimate of drug-likeness (QED) is 0.666. The molecule has 0 radical (unpaired) electrons. The fraction of sp³-hybridized carbons (Fsp3) is 0.143. The van der Waals surface area contributed by atoms with Crippen LogP contribution in [0.2, 0.25) is 0 Å². The van der Waals surface area contributed by atoms with E-state index in [1.807, 2.05) is 19.2 Å². The maximum atomic E-state index is 3.94. The van der Waals surface area contributed by atoms with Crippen molar-refractivity contribution in [1.82, 2.24) is 9.97 Å². The third kappa shape index (κ3) is 1.85. The van der Waals surface area contributed by atoms with Crippen molar-refractivity contribution in [1.29, 1.82) is 0 Å². The number of rotatable bonds is 2. The first-order valence-corrected chi connectivity index (χ1v) is 3.07. The molecule has 0 saturated heterocycles. The Bertz CT molecular complexity index is 205. The first kappa shape index (κ1) is 6.74. The van der Waals surface area contributed by atoms with Crippen LogP contribution in [0.4, 0.5) is 5.82 Å². The molecule has 0 saturated carbocycles. The molecule has 0 spiro atoms. The number of anilines is 1. The molecule has 0 amide bonds. The van der Waals surface area contributed by atoms with Crippen LogP contribution >= 0.6 is 0 Å². The highest BCUT2D eigenvalue weighted by molar-refractivity contribution is 5.34. The van der Waals surface area contributed by atoms with Crippen LogP contribution in [0, 0.1) is 0 Å². The van der Waals surface area contributed by atoms with E-state index in [0.29, 0.717) is 0 Å². The van der Waals surface area contributed by atoms with Gasteiger partial charge in [-0.1, -0.05) is 6.08 Å². The summed E-state index contributed by atoms with van der Waals surface area (Å²) in [6.45, 7) is 1.94. The van der Waals surface area contributed by atoms with Gasteiger partial charge in [0.05, 0.1) is 0 Å². The highest BCUT2D eigenvalue weighted by Gasteiger charge is 1.83. The lowest BCUT2D eigenvalue weighted by atomic mass is 10.6. The molecule has 1 aromatic rings. The molecule has 0 aliphatic carbocycles. The normalized spacial score (nSPS) is 10.1. The monoisotopic (exact) mass is 135 g/mol. The van der Waals surface area contributed by atoms with Crippen LogP contribution in [-0.2, 0) is 0 Å². The van der Waals surface area contributed by atoms with Gasteiger partial charge >= 0.3 is 0 Å². The van der Waals surface area contributed by atoms with Gasteiger partial charge in [-0.25, -0.2) is 9.97 Å². The van der Waals surface area contributed by atoms with E-state index in [1.165, 1.54) is 6.33 Å². The Kier molecular flexibility index (Phi) is 2.43. The zero-order chi connectivity index (χ0) is 7.23. The Morgan fingerprint density at radius 3 is 3.10 bits per heavy atom. The first-order valence-electron chi connectivity index (χ1n) is 3.07. The zero-order valence-electron chi connectivity index (χ0n) is 5.78. The number of aromatic nitrogens is 2. The van der Waals surface area contributed by atoms with Crippen LogP contribution in [0.25, 0.3) is 0 Å². The summed E-state index contributed by atoms with van der Waals surface area (Å²) in [4.78, 5) is 7.72. The van der Waals surface area contributed by atoms with Crippen molar-refractivity contribution in [3.05, 3.63) is 30.9 Å². The molecule has 1 rings (SSSR count). The van der Waals surface area contributed by atoms with E-state index in [1.54, 1.807) is 12.3 Å². The van der Waals surface area contributed by atoms with Gasteiger partial charge in [-0.15, -0.1) is 0 Å². The Balaban J connectivity index is 2.59. The molecular weight excluding hydrogens is 126 g/mol. The molecule has 3 heteroatoms. The lowest BCUT2D eigenvalue weighted by Gasteiger charge is -1.94. The van der Waals surface area contributed by atoms with E-state index >= 15 is 0 Å². The lowest BCUT2D eigenvalue weighted by Crippen LogP contribution is -1.89. The summed E-state index contributed by atoms with van der Waals surface area (Å²) in [5.74, 6) is 0.813. The number of allylic oxidation sites excluding steroid dienone is 1. The molecular formula is C7H9N3. The average molecular weight is 135 g/mol. The van der Waals surface area contributed by atoms with Crippen LogP contribution in [0.15, 0.2) is 30.9 Å². The topological polar surface area (TPSA) is 37.8 Å². The Hall–Kier alpha value is -1.38. The van der Waals surface area contributed by atoms with E-state index in [-0.39, 0.29) is 0 Å². The summed E-state index contributed by atoms with van der Waals surface area (Å²) in [6, 6.07) is 1.81. The predicted molar refractivity (Wildman–Crippen MR) is 40.5 cm³/mol. The number of nitrogens with zero attached hydrogens (tertiary/aromatic N) is 2. The van der Waals surface area contributed by atoms with Gasteiger partial charge in [-0.2, -0.15) is 0 Å². The molecule has 1 aromatic heterocycles. The molecule has 3 nitrogen and oxygen atoms in total. The maximum absolute atomic E-state index is 3.94. The minimum Gasteiger partial charge on any atom is -0.347 e. The molecule has 0 atom stereocenters. The highest BCUT2D eigenvalue weighted by Crippen LogP contribution is 1.96. The van der Waals surface area contributed by atoms with Crippen LogP contribution < -0.4 is 5.32 Å². The number of hydrogen-bond acceptors (Lipinski definition) is 3. The second-order valence-corrected chi connectivity index (χ2v) is 1.74. The summed E-state index contributed by atoms with van der Waals surface area (Å²) >= 11 is 0. The zero-order valence-corrected chi connectivity index (χ0v) is 5.78. The summed E-state index contributed by atoms with van der Waals surface area (Å²) in [5, 5.41) is 2.96. The van der Waals surface area contributed by atoms with Gasteiger partial charge in [0.1, 0.15) is 12.1 Å². The molecule has 1 N–H and O–H groups in total. The van der Waals surface area contributed by atoms with E-state index in [4.69, 9.17) is 0 Å². The molecule has 0 bridgehead atoms. The first-order chi connectivity index (χ1) is 4.93. The third-order valence-corrected chi connectivity index (χ3v) is 0.980. The number of hydrogen-bond donors (Lipinski definition) is 1. The van der Waals surface area contributed by atoms with Gasteiger partial charge in [0.15, 0.2) is 0 Å². The molecule has 1 heterocycles. The van der Waals surface area contributed by atoms with Gasteiger partial charge in [0.2, 0.25) is 0 Å². The van der Waals surface area contributed by atoms with E-state index < -0.39 is 0 Å². The second kappa shape index (κ2) is 3.61. The second-order valence-electron chi connectivity index (χ2n) is 1.74. The largest absolute Gasteiger partial charge is 0.347 e.